The zero-order valence-corrected chi connectivity index (χ0v) is 14.2. The second kappa shape index (κ2) is 7.41. The van der Waals surface area contributed by atoms with Crippen LogP contribution >= 0.6 is 0 Å². The van der Waals surface area contributed by atoms with E-state index < -0.39 is 0 Å². The summed E-state index contributed by atoms with van der Waals surface area (Å²) in [5.41, 5.74) is 0.168. The van der Waals surface area contributed by atoms with Crippen molar-refractivity contribution in [1.29, 1.82) is 0 Å². The van der Waals surface area contributed by atoms with Crippen LogP contribution in [0, 0.1) is 0 Å². The summed E-state index contributed by atoms with van der Waals surface area (Å²) in [4.78, 5) is 7.20. The molecule has 1 aromatic rings. The Morgan fingerprint density at radius 1 is 1.29 bits per heavy atom. The summed E-state index contributed by atoms with van der Waals surface area (Å²) in [5.74, 6) is 1.17. The SMILES string of the molecule is CCCNC(Cc1nccn1C)C(C)(C)N1CCCCC1. The third-order valence-corrected chi connectivity index (χ3v) is 4.97. The van der Waals surface area contributed by atoms with Gasteiger partial charge in [-0.15, -0.1) is 0 Å². The van der Waals surface area contributed by atoms with Gasteiger partial charge >= 0.3 is 0 Å². The predicted octanol–water partition coefficient (Wildman–Crippen LogP) is 2.60. The van der Waals surface area contributed by atoms with Crippen molar-refractivity contribution in [2.24, 2.45) is 7.05 Å². The molecule has 1 unspecified atom stereocenters. The van der Waals surface area contributed by atoms with Gasteiger partial charge < -0.3 is 9.88 Å². The summed E-state index contributed by atoms with van der Waals surface area (Å²) in [5, 5.41) is 3.78. The molecule has 4 nitrogen and oxygen atoms in total. The smallest absolute Gasteiger partial charge is 0.109 e. The Bertz CT molecular complexity index is 418. The highest BCUT2D eigenvalue weighted by atomic mass is 15.2. The first-order valence-electron chi connectivity index (χ1n) is 8.50. The molecule has 4 heteroatoms. The van der Waals surface area contributed by atoms with Crippen LogP contribution in [-0.4, -0.2) is 45.7 Å². The molecule has 1 N–H and O–H groups in total. The van der Waals surface area contributed by atoms with E-state index in [9.17, 15) is 0 Å². The highest BCUT2D eigenvalue weighted by molar-refractivity contribution is 5.02. The van der Waals surface area contributed by atoms with Crippen molar-refractivity contribution in [3.05, 3.63) is 18.2 Å². The lowest BCUT2D eigenvalue weighted by Gasteiger charge is -2.46. The van der Waals surface area contributed by atoms with Gasteiger partial charge in [0.1, 0.15) is 5.82 Å². The van der Waals surface area contributed by atoms with E-state index in [0.29, 0.717) is 6.04 Å². The third kappa shape index (κ3) is 4.07. The maximum absolute atomic E-state index is 4.53. The molecule has 0 bridgehead atoms. The summed E-state index contributed by atoms with van der Waals surface area (Å²) >= 11 is 0. The zero-order chi connectivity index (χ0) is 15.3. The van der Waals surface area contributed by atoms with Crippen molar-refractivity contribution >= 4 is 0 Å². The van der Waals surface area contributed by atoms with Crippen LogP contribution in [0.1, 0.15) is 52.3 Å². The van der Waals surface area contributed by atoms with Crippen LogP contribution in [0.4, 0.5) is 0 Å². The maximum Gasteiger partial charge on any atom is 0.109 e. The number of aryl methyl sites for hydroxylation is 1. The van der Waals surface area contributed by atoms with E-state index in [0.717, 1.165) is 13.0 Å². The summed E-state index contributed by atoms with van der Waals surface area (Å²) in [6.45, 7) is 10.6. The van der Waals surface area contributed by atoms with Gasteiger partial charge in [0, 0.05) is 37.4 Å². The van der Waals surface area contributed by atoms with Crippen molar-refractivity contribution < 1.29 is 0 Å². The van der Waals surface area contributed by atoms with Gasteiger partial charge in [0.2, 0.25) is 0 Å². The minimum Gasteiger partial charge on any atom is -0.338 e. The minimum atomic E-state index is 0.168. The number of hydrogen-bond acceptors (Lipinski definition) is 3. The van der Waals surface area contributed by atoms with Crippen LogP contribution in [0.2, 0.25) is 0 Å². The Morgan fingerprint density at radius 2 is 2.00 bits per heavy atom. The average Bonchev–Trinajstić information content (AvgIpc) is 2.89. The minimum absolute atomic E-state index is 0.168. The molecule has 1 aliphatic rings. The van der Waals surface area contributed by atoms with Crippen molar-refractivity contribution in [3.8, 4) is 0 Å². The highest BCUT2D eigenvalue weighted by Crippen LogP contribution is 2.25. The van der Waals surface area contributed by atoms with Crippen LogP contribution in [0.25, 0.3) is 0 Å². The summed E-state index contributed by atoms with van der Waals surface area (Å²) in [6, 6.07) is 0.441. The molecule has 0 spiro atoms. The van der Waals surface area contributed by atoms with Crippen LogP contribution in [0.5, 0.6) is 0 Å². The van der Waals surface area contributed by atoms with Crippen molar-refractivity contribution in [2.75, 3.05) is 19.6 Å². The fourth-order valence-corrected chi connectivity index (χ4v) is 3.36. The molecule has 21 heavy (non-hydrogen) atoms. The van der Waals surface area contributed by atoms with E-state index in [4.69, 9.17) is 0 Å². The lowest BCUT2D eigenvalue weighted by molar-refractivity contribution is 0.0603. The fraction of sp³-hybridized carbons (Fsp3) is 0.824. The first-order chi connectivity index (χ1) is 10.1. The molecule has 1 aliphatic heterocycles. The topological polar surface area (TPSA) is 33.1 Å². The second-order valence-electron chi connectivity index (χ2n) is 6.87. The number of piperidine rings is 1. The molecule has 0 amide bonds. The molecule has 0 radical (unpaired) electrons. The fourth-order valence-electron chi connectivity index (χ4n) is 3.36. The second-order valence-corrected chi connectivity index (χ2v) is 6.87. The van der Waals surface area contributed by atoms with E-state index in [2.05, 4.69) is 47.6 Å². The number of nitrogens with zero attached hydrogens (tertiary/aromatic N) is 3. The van der Waals surface area contributed by atoms with Gasteiger partial charge in [-0.2, -0.15) is 0 Å². The van der Waals surface area contributed by atoms with Gasteiger partial charge in [-0.05, 0) is 52.7 Å². The van der Waals surface area contributed by atoms with E-state index in [-0.39, 0.29) is 5.54 Å². The first-order valence-corrected chi connectivity index (χ1v) is 8.50. The zero-order valence-electron chi connectivity index (χ0n) is 14.2. The summed E-state index contributed by atoms with van der Waals surface area (Å²) in [6.07, 6.45) is 10.2. The van der Waals surface area contributed by atoms with Gasteiger partial charge in [0.25, 0.3) is 0 Å². The number of rotatable bonds is 7. The van der Waals surface area contributed by atoms with Crippen LogP contribution < -0.4 is 5.32 Å². The summed E-state index contributed by atoms with van der Waals surface area (Å²) in [7, 11) is 2.09. The molecule has 0 saturated carbocycles. The van der Waals surface area contributed by atoms with Crippen molar-refractivity contribution in [2.45, 2.75) is 64.5 Å². The van der Waals surface area contributed by atoms with E-state index in [1.807, 2.05) is 12.4 Å². The Hall–Kier alpha value is -0.870. The molecule has 2 rings (SSSR count). The predicted molar refractivity (Wildman–Crippen MR) is 88.5 cm³/mol. The van der Waals surface area contributed by atoms with Crippen molar-refractivity contribution in [3.63, 3.8) is 0 Å². The Kier molecular flexibility index (Phi) is 5.82. The van der Waals surface area contributed by atoms with Crippen LogP contribution in [-0.2, 0) is 13.5 Å². The lowest BCUT2D eigenvalue weighted by Crippen LogP contribution is -2.60. The van der Waals surface area contributed by atoms with E-state index in [1.54, 1.807) is 0 Å². The maximum atomic E-state index is 4.53. The molecule has 1 aromatic heterocycles. The number of hydrogen-bond donors (Lipinski definition) is 1. The average molecular weight is 292 g/mol. The van der Waals surface area contributed by atoms with Gasteiger partial charge in [-0.3, -0.25) is 4.90 Å². The molecule has 120 valence electrons. The highest BCUT2D eigenvalue weighted by Gasteiger charge is 2.36. The van der Waals surface area contributed by atoms with Gasteiger partial charge in [0.15, 0.2) is 0 Å². The molecule has 0 aliphatic carbocycles. The van der Waals surface area contributed by atoms with Gasteiger partial charge in [-0.25, -0.2) is 4.98 Å². The van der Waals surface area contributed by atoms with Gasteiger partial charge in [0.05, 0.1) is 0 Å². The first kappa shape index (κ1) is 16.5. The lowest BCUT2D eigenvalue weighted by atomic mass is 9.87. The number of nitrogens with one attached hydrogen (secondary N) is 1. The number of imidazole rings is 1. The molecule has 1 saturated heterocycles. The molecular formula is C17H32N4. The Morgan fingerprint density at radius 3 is 2.57 bits per heavy atom. The number of likely N-dealkylation sites (tertiary alicyclic amines) is 1. The van der Waals surface area contributed by atoms with Gasteiger partial charge in [-0.1, -0.05) is 13.3 Å². The Labute approximate surface area is 129 Å². The monoisotopic (exact) mass is 292 g/mol. The van der Waals surface area contributed by atoms with Crippen molar-refractivity contribution in [1.82, 2.24) is 19.8 Å². The Balaban J connectivity index is 2.11. The molecule has 1 fully saturated rings. The molecule has 0 aromatic carbocycles. The largest absolute Gasteiger partial charge is 0.338 e. The standard InChI is InChI=1S/C17H32N4/c1-5-9-18-15(14-16-19-10-13-20(16)4)17(2,3)21-11-7-6-8-12-21/h10,13,15,18H,5-9,11-12,14H2,1-4H3. The van der Waals surface area contributed by atoms with E-state index in [1.165, 1.54) is 44.6 Å². The summed E-state index contributed by atoms with van der Waals surface area (Å²) < 4.78 is 2.15. The molecule has 2 heterocycles. The third-order valence-electron chi connectivity index (χ3n) is 4.97. The quantitative estimate of drug-likeness (QED) is 0.838. The van der Waals surface area contributed by atoms with E-state index >= 15 is 0 Å². The van der Waals surface area contributed by atoms with Crippen LogP contribution in [0.15, 0.2) is 12.4 Å². The molecular weight excluding hydrogens is 260 g/mol. The molecule has 1 atom stereocenters. The number of aromatic nitrogens is 2. The normalized spacial score (nSPS) is 18.9. The van der Waals surface area contributed by atoms with Crippen LogP contribution in [0.3, 0.4) is 0 Å².